The Kier molecular flexibility index (Phi) is 4.19. The van der Waals surface area contributed by atoms with E-state index in [9.17, 15) is 4.79 Å². The molecule has 4 rings (SSSR count). The molecule has 2 heterocycles. The summed E-state index contributed by atoms with van der Waals surface area (Å²) in [6, 6.07) is 8.60. The van der Waals surface area contributed by atoms with E-state index in [2.05, 4.69) is 22.2 Å². The number of fused-ring (bicyclic) bond motifs is 1. The van der Waals surface area contributed by atoms with Crippen molar-refractivity contribution in [3.63, 3.8) is 0 Å². The van der Waals surface area contributed by atoms with Crippen molar-refractivity contribution >= 4 is 28.7 Å². The summed E-state index contributed by atoms with van der Waals surface area (Å²) in [5.41, 5.74) is 0.925. The van der Waals surface area contributed by atoms with Gasteiger partial charge >= 0.3 is 0 Å². The first-order chi connectivity index (χ1) is 12.1. The molecule has 7 heteroatoms. The highest BCUT2D eigenvalue weighted by atomic mass is 35.5. The maximum Gasteiger partial charge on any atom is 0.281 e. The predicted octanol–water partition coefficient (Wildman–Crippen LogP) is 4.16. The molecule has 0 N–H and O–H groups in total. The Labute approximate surface area is 153 Å². The van der Waals surface area contributed by atoms with Gasteiger partial charge in [0.1, 0.15) is 12.4 Å². The standard InChI is InChI=1S/C18H13Cl2N3O2/c19-12-6-3-7-13(20)16(12)17-14-8-9-15(25-11-4-1-2-5-11)22-23(14)10-21-18(17)24/h1-3,6-11H,4-5H2. The van der Waals surface area contributed by atoms with E-state index in [1.54, 1.807) is 30.3 Å². The molecule has 0 bridgehead atoms. The molecule has 126 valence electrons. The maximum atomic E-state index is 12.4. The molecule has 0 saturated carbocycles. The summed E-state index contributed by atoms with van der Waals surface area (Å²) >= 11 is 12.5. The zero-order valence-corrected chi connectivity index (χ0v) is 14.5. The van der Waals surface area contributed by atoms with Gasteiger partial charge in [0.2, 0.25) is 5.88 Å². The summed E-state index contributed by atoms with van der Waals surface area (Å²) in [6.45, 7) is 0. The third-order valence-corrected chi connectivity index (χ3v) is 4.69. The van der Waals surface area contributed by atoms with Gasteiger partial charge in [-0.25, -0.2) is 4.52 Å². The lowest BCUT2D eigenvalue weighted by molar-refractivity contribution is 0.204. The van der Waals surface area contributed by atoms with Crippen LogP contribution < -0.4 is 10.3 Å². The Bertz CT molecular complexity index is 1020. The van der Waals surface area contributed by atoms with Gasteiger partial charge < -0.3 is 4.74 Å². The van der Waals surface area contributed by atoms with Crippen LogP contribution in [0.4, 0.5) is 0 Å². The fourth-order valence-corrected chi connectivity index (χ4v) is 3.47. The van der Waals surface area contributed by atoms with Gasteiger partial charge in [0.15, 0.2) is 0 Å². The molecule has 0 radical (unpaired) electrons. The molecule has 1 aliphatic rings. The zero-order chi connectivity index (χ0) is 17.4. The molecule has 0 spiro atoms. The summed E-state index contributed by atoms with van der Waals surface area (Å²) in [4.78, 5) is 16.3. The maximum absolute atomic E-state index is 12.4. The fraction of sp³-hybridized carbons (Fsp3) is 0.167. The van der Waals surface area contributed by atoms with E-state index >= 15 is 0 Å². The van der Waals surface area contributed by atoms with Gasteiger partial charge in [0.05, 0.1) is 21.1 Å². The third kappa shape index (κ3) is 3.01. The van der Waals surface area contributed by atoms with Crippen LogP contribution in [0.15, 0.2) is 53.6 Å². The summed E-state index contributed by atoms with van der Waals surface area (Å²) < 4.78 is 7.36. The third-order valence-electron chi connectivity index (χ3n) is 4.06. The van der Waals surface area contributed by atoms with Gasteiger partial charge in [-0.1, -0.05) is 41.4 Å². The van der Waals surface area contributed by atoms with Crippen molar-refractivity contribution in [2.75, 3.05) is 0 Å². The van der Waals surface area contributed by atoms with E-state index in [1.807, 2.05) is 0 Å². The quantitative estimate of drug-likeness (QED) is 0.646. The van der Waals surface area contributed by atoms with Crippen LogP contribution in [0.1, 0.15) is 12.8 Å². The second kappa shape index (κ2) is 6.50. The minimum atomic E-state index is -0.412. The van der Waals surface area contributed by atoms with E-state index in [-0.39, 0.29) is 6.10 Å². The number of hydrogen-bond acceptors (Lipinski definition) is 4. The second-order valence-corrected chi connectivity index (χ2v) is 6.52. The first-order valence-corrected chi connectivity index (χ1v) is 8.54. The van der Waals surface area contributed by atoms with Crippen LogP contribution in [0.2, 0.25) is 10.0 Å². The van der Waals surface area contributed by atoms with Crippen molar-refractivity contribution in [2.45, 2.75) is 18.9 Å². The number of ether oxygens (including phenoxy) is 1. The molecule has 3 aromatic rings. The molecular formula is C18H13Cl2N3O2. The van der Waals surface area contributed by atoms with Crippen molar-refractivity contribution in [1.82, 2.24) is 14.6 Å². The minimum absolute atomic E-state index is 0.0924. The molecule has 0 fully saturated rings. The number of benzene rings is 1. The summed E-state index contributed by atoms with van der Waals surface area (Å²) in [7, 11) is 0. The normalized spacial score (nSPS) is 14.3. The average Bonchev–Trinajstić information content (AvgIpc) is 3.09. The lowest BCUT2D eigenvalue weighted by atomic mass is 10.1. The van der Waals surface area contributed by atoms with E-state index in [0.717, 1.165) is 12.8 Å². The molecular weight excluding hydrogens is 361 g/mol. The van der Waals surface area contributed by atoms with E-state index in [4.69, 9.17) is 27.9 Å². The van der Waals surface area contributed by atoms with Crippen LogP contribution >= 0.6 is 23.2 Å². The molecule has 0 aliphatic heterocycles. The summed E-state index contributed by atoms with van der Waals surface area (Å²) in [5, 5.41) is 5.18. The van der Waals surface area contributed by atoms with Crippen molar-refractivity contribution in [3.8, 4) is 17.0 Å². The Morgan fingerprint density at radius 1 is 1.04 bits per heavy atom. The van der Waals surface area contributed by atoms with Crippen molar-refractivity contribution in [1.29, 1.82) is 0 Å². The summed E-state index contributed by atoms with van der Waals surface area (Å²) in [6.07, 6.45) is 7.36. The second-order valence-electron chi connectivity index (χ2n) is 5.71. The molecule has 1 aliphatic carbocycles. The van der Waals surface area contributed by atoms with Gasteiger partial charge in [-0.2, -0.15) is 4.98 Å². The van der Waals surface area contributed by atoms with Crippen LogP contribution in [0.25, 0.3) is 16.6 Å². The van der Waals surface area contributed by atoms with Crippen LogP contribution in [0.5, 0.6) is 5.88 Å². The zero-order valence-electron chi connectivity index (χ0n) is 13.0. The average molecular weight is 374 g/mol. The Hall–Kier alpha value is -2.37. The van der Waals surface area contributed by atoms with Crippen molar-refractivity contribution in [3.05, 3.63) is 69.2 Å². The number of nitrogens with zero attached hydrogens (tertiary/aromatic N) is 3. The molecule has 5 nitrogen and oxygen atoms in total. The van der Waals surface area contributed by atoms with Gasteiger partial charge in [-0.05, 0) is 18.2 Å². The molecule has 2 aromatic heterocycles. The SMILES string of the molecule is O=c1ncn2nc(OC3CC=CC3)ccc2c1-c1c(Cl)cccc1Cl. The Morgan fingerprint density at radius 3 is 2.48 bits per heavy atom. The Balaban J connectivity index is 1.85. The molecule has 25 heavy (non-hydrogen) atoms. The van der Waals surface area contributed by atoms with Gasteiger partial charge in [0.25, 0.3) is 5.56 Å². The smallest absolute Gasteiger partial charge is 0.281 e. The minimum Gasteiger partial charge on any atom is -0.473 e. The highest BCUT2D eigenvalue weighted by molar-refractivity contribution is 6.39. The lowest BCUT2D eigenvalue weighted by Crippen LogP contribution is -2.16. The largest absolute Gasteiger partial charge is 0.473 e. The van der Waals surface area contributed by atoms with E-state index in [1.165, 1.54) is 10.8 Å². The van der Waals surface area contributed by atoms with Crippen LogP contribution in [-0.2, 0) is 0 Å². The highest BCUT2D eigenvalue weighted by Gasteiger charge is 2.18. The number of aromatic nitrogens is 3. The van der Waals surface area contributed by atoms with Gasteiger partial charge in [0, 0.05) is 24.5 Å². The molecule has 0 amide bonds. The number of rotatable bonds is 3. The molecule has 0 saturated heterocycles. The summed E-state index contributed by atoms with van der Waals surface area (Å²) in [5.74, 6) is 0.475. The van der Waals surface area contributed by atoms with Crippen LogP contribution in [-0.4, -0.2) is 20.7 Å². The lowest BCUT2D eigenvalue weighted by Gasteiger charge is -2.14. The molecule has 1 aromatic carbocycles. The monoisotopic (exact) mass is 373 g/mol. The van der Waals surface area contributed by atoms with E-state index in [0.29, 0.717) is 32.6 Å². The molecule has 0 unspecified atom stereocenters. The van der Waals surface area contributed by atoms with E-state index < -0.39 is 5.56 Å². The topological polar surface area (TPSA) is 56.5 Å². The predicted molar refractivity (Wildman–Crippen MR) is 97.5 cm³/mol. The molecule has 0 atom stereocenters. The highest BCUT2D eigenvalue weighted by Crippen LogP contribution is 2.34. The first kappa shape index (κ1) is 16.1. The van der Waals surface area contributed by atoms with Crippen molar-refractivity contribution in [2.24, 2.45) is 0 Å². The fourth-order valence-electron chi connectivity index (χ4n) is 2.88. The number of halogens is 2. The Morgan fingerprint density at radius 2 is 1.76 bits per heavy atom. The number of hydrogen-bond donors (Lipinski definition) is 0. The van der Waals surface area contributed by atoms with Gasteiger partial charge in [-0.3, -0.25) is 4.79 Å². The first-order valence-electron chi connectivity index (χ1n) is 7.78. The van der Waals surface area contributed by atoms with Gasteiger partial charge in [-0.15, -0.1) is 5.10 Å². The van der Waals surface area contributed by atoms with Crippen molar-refractivity contribution < 1.29 is 4.74 Å². The van der Waals surface area contributed by atoms with Crippen LogP contribution in [0.3, 0.4) is 0 Å². The van der Waals surface area contributed by atoms with Crippen LogP contribution in [0, 0.1) is 0 Å².